The minimum Gasteiger partial charge on any atom is -0.353 e. The lowest BCUT2D eigenvalue weighted by molar-refractivity contribution is -0.116. The summed E-state index contributed by atoms with van der Waals surface area (Å²) in [5.41, 5.74) is 0. The molecule has 0 aromatic heterocycles. The van der Waals surface area contributed by atoms with Gasteiger partial charge in [0.05, 0.1) is 0 Å². The first-order valence-electron chi connectivity index (χ1n) is 3.71. The van der Waals surface area contributed by atoms with Crippen LogP contribution in [0.2, 0.25) is 0 Å². The molecule has 0 saturated carbocycles. The van der Waals surface area contributed by atoms with Crippen LogP contribution in [0.15, 0.2) is 12.2 Å². The van der Waals surface area contributed by atoms with Gasteiger partial charge in [0.15, 0.2) is 0 Å². The van der Waals surface area contributed by atoms with E-state index in [1.54, 1.807) is 6.08 Å². The number of rotatable bonds is 4. The molecule has 0 heterocycles. The maximum absolute atomic E-state index is 10.7. The first-order valence-corrected chi connectivity index (χ1v) is 3.71. The Morgan fingerprint density at radius 2 is 2.30 bits per heavy atom. The highest BCUT2D eigenvalue weighted by atomic mass is 16.1. The molecule has 0 bridgehead atoms. The molecule has 58 valence electrons. The molecule has 0 aliphatic rings. The van der Waals surface area contributed by atoms with Gasteiger partial charge >= 0.3 is 0 Å². The van der Waals surface area contributed by atoms with Gasteiger partial charge in [-0.1, -0.05) is 19.4 Å². The topological polar surface area (TPSA) is 29.1 Å². The lowest BCUT2D eigenvalue weighted by Crippen LogP contribution is -2.21. The monoisotopic (exact) mass is 141 g/mol. The Morgan fingerprint density at radius 3 is 2.80 bits per heavy atom. The molecule has 0 aromatic carbocycles. The maximum atomic E-state index is 10.7. The molecule has 0 aromatic rings. The average Bonchev–Trinajstić information content (AvgIpc) is 1.89. The highest BCUT2D eigenvalue weighted by molar-refractivity contribution is 5.87. The van der Waals surface area contributed by atoms with Crippen molar-refractivity contribution < 1.29 is 4.79 Å². The summed E-state index contributed by atoms with van der Waals surface area (Å²) in [6, 6.07) is 0. The summed E-state index contributed by atoms with van der Waals surface area (Å²) < 4.78 is 0. The van der Waals surface area contributed by atoms with E-state index in [2.05, 4.69) is 12.2 Å². The number of hydrogen-bond acceptors (Lipinski definition) is 1. The summed E-state index contributed by atoms with van der Waals surface area (Å²) in [6.07, 6.45) is 5.45. The minimum atomic E-state index is 0.0101. The van der Waals surface area contributed by atoms with Gasteiger partial charge in [0.25, 0.3) is 0 Å². The Kier molecular flexibility index (Phi) is 5.83. The van der Waals surface area contributed by atoms with Crippen molar-refractivity contribution in [2.45, 2.75) is 26.7 Å². The summed E-state index contributed by atoms with van der Waals surface area (Å²) in [7, 11) is 0. The van der Waals surface area contributed by atoms with E-state index in [0.29, 0.717) is 0 Å². The molecular weight excluding hydrogens is 126 g/mol. The first kappa shape index (κ1) is 9.21. The van der Waals surface area contributed by atoms with Crippen LogP contribution in [0.1, 0.15) is 26.7 Å². The van der Waals surface area contributed by atoms with Gasteiger partial charge in [0.1, 0.15) is 0 Å². The lowest BCUT2D eigenvalue weighted by atomic mass is 10.3. The maximum Gasteiger partial charge on any atom is 0.243 e. The predicted molar refractivity (Wildman–Crippen MR) is 42.7 cm³/mol. The van der Waals surface area contributed by atoms with Gasteiger partial charge in [-0.15, -0.1) is 0 Å². The van der Waals surface area contributed by atoms with Gasteiger partial charge < -0.3 is 5.32 Å². The van der Waals surface area contributed by atoms with E-state index in [-0.39, 0.29) is 5.91 Å². The van der Waals surface area contributed by atoms with E-state index in [1.807, 2.05) is 6.92 Å². The van der Waals surface area contributed by atoms with E-state index in [4.69, 9.17) is 0 Å². The molecule has 0 atom stereocenters. The standard InChI is InChI=1S/C8H15NO/c1-3-5-7-9-8(10)6-4-2/h4,6H,3,5,7H2,1-2H3,(H,9,10)/b6-4-. The third-order valence-electron chi connectivity index (χ3n) is 1.15. The first-order chi connectivity index (χ1) is 4.81. The zero-order valence-electron chi connectivity index (χ0n) is 6.68. The second kappa shape index (κ2) is 6.33. The van der Waals surface area contributed by atoms with E-state index in [0.717, 1.165) is 19.4 Å². The molecule has 0 unspecified atom stereocenters. The van der Waals surface area contributed by atoms with Gasteiger partial charge in [-0.2, -0.15) is 0 Å². The summed E-state index contributed by atoms with van der Waals surface area (Å²) in [5, 5.41) is 2.76. The van der Waals surface area contributed by atoms with Crippen LogP contribution in [0.3, 0.4) is 0 Å². The van der Waals surface area contributed by atoms with Crippen molar-refractivity contribution in [2.75, 3.05) is 6.54 Å². The number of allylic oxidation sites excluding steroid dienone is 1. The number of amides is 1. The molecule has 0 spiro atoms. The van der Waals surface area contributed by atoms with Crippen LogP contribution >= 0.6 is 0 Å². The molecule has 0 saturated heterocycles. The number of unbranched alkanes of at least 4 members (excludes halogenated alkanes) is 1. The summed E-state index contributed by atoms with van der Waals surface area (Å²) >= 11 is 0. The molecule has 2 nitrogen and oxygen atoms in total. The number of nitrogens with one attached hydrogen (secondary N) is 1. The molecule has 1 amide bonds. The zero-order chi connectivity index (χ0) is 7.82. The lowest BCUT2D eigenvalue weighted by Gasteiger charge is -1.97. The van der Waals surface area contributed by atoms with Crippen molar-refractivity contribution in [3.8, 4) is 0 Å². The molecule has 0 radical (unpaired) electrons. The molecule has 10 heavy (non-hydrogen) atoms. The largest absolute Gasteiger partial charge is 0.353 e. The van der Waals surface area contributed by atoms with Crippen LogP contribution in [0, 0.1) is 0 Å². The van der Waals surface area contributed by atoms with Gasteiger partial charge in [0.2, 0.25) is 5.91 Å². The Hall–Kier alpha value is -0.790. The van der Waals surface area contributed by atoms with Gasteiger partial charge in [0, 0.05) is 6.54 Å². The molecule has 0 fully saturated rings. The van der Waals surface area contributed by atoms with Crippen LogP contribution < -0.4 is 5.32 Å². The second-order valence-corrected chi connectivity index (χ2v) is 2.14. The predicted octanol–water partition coefficient (Wildman–Crippen LogP) is 1.48. The molecule has 2 heteroatoms. The van der Waals surface area contributed by atoms with Crippen molar-refractivity contribution in [2.24, 2.45) is 0 Å². The Balaban J connectivity index is 3.22. The highest BCUT2D eigenvalue weighted by Gasteiger charge is 1.90. The normalized spacial score (nSPS) is 10.2. The molecule has 1 N–H and O–H groups in total. The summed E-state index contributed by atoms with van der Waals surface area (Å²) in [6.45, 7) is 4.72. The molecule has 0 rings (SSSR count). The van der Waals surface area contributed by atoms with Gasteiger partial charge in [-0.05, 0) is 19.4 Å². The Bertz CT molecular complexity index is 118. The van der Waals surface area contributed by atoms with Crippen LogP contribution in [0.25, 0.3) is 0 Å². The minimum absolute atomic E-state index is 0.0101. The van der Waals surface area contributed by atoms with Gasteiger partial charge in [-0.3, -0.25) is 4.79 Å². The number of carbonyl (C=O) groups is 1. The summed E-state index contributed by atoms with van der Waals surface area (Å²) in [4.78, 5) is 10.7. The van der Waals surface area contributed by atoms with E-state index >= 15 is 0 Å². The van der Waals surface area contributed by atoms with Crippen LogP contribution in [-0.4, -0.2) is 12.5 Å². The number of hydrogen-bond donors (Lipinski definition) is 1. The van der Waals surface area contributed by atoms with E-state index < -0.39 is 0 Å². The average molecular weight is 141 g/mol. The van der Waals surface area contributed by atoms with Gasteiger partial charge in [-0.25, -0.2) is 0 Å². The van der Waals surface area contributed by atoms with E-state index in [9.17, 15) is 4.79 Å². The van der Waals surface area contributed by atoms with E-state index in [1.165, 1.54) is 6.08 Å². The zero-order valence-corrected chi connectivity index (χ0v) is 6.68. The molecule has 0 aliphatic heterocycles. The van der Waals surface area contributed by atoms with Crippen molar-refractivity contribution in [3.05, 3.63) is 12.2 Å². The van der Waals surface area contributed by atoms with Crippen LogP contribution in [0.4, 0.5) is 0 Å². The fraction of sp³-hybridized carbons (Fsp3) is 0.625. The third kappa shape index (κ3) is 5.35. The van der Waals surface area contributed by atoms with Crippen molar-refractivity contribution in [3.63, 3.8) is 0 Å². The fourth-order valence-corrected chi connectivity index (χ4v) is 0.599. The SMILES string of the molecule is C/C=C\C(=O)NCCCC. The summed E-state index contributed by atoms with van der Waals surface area (Å²) in [5.74, 6) is 0.0101. The van der Waals surface area contributed by atoms with Crippen molar-refractivity contribution >= 4 is 5.91 Å². The highest BCUT2D eigenvalue weighted by Crippen LogP contribution is 1.82. The molecule has 0 aliphatic carbocycles. The second-order valence-electron chi connectivity index (χ2n) is 2.14. The smallest absolute Gasteiger partial charge is 0.243 e. The Morgan fingerprint density at radius 1 is 1.60 bits per heavy atom. The fourth-order valence-electron chi connectivity index (χ4n) is 0.599. The number of carbonyl (C=O) groups excluding carboxylic acids is 1. The quantitative estimate of drug-likeness (QED) is 0.466. The van der Waals surface area contributed by atoms with Crippen LogP contribution in [-0.2, 0) is 4.79 Å². The third-order valence-corrected chi connectivity index (χ3v) is 1.15. The van der Waals surface area contributed by atoms with Crippen molar-refractivity contribution in [1.82, 2.24) is 5.32 Å². The van der Waals surface area contributed by atoms with Crippen LogP contribution in [0.5, 0.6) is 0 Å². The molecular formula is C8H15NO. The Labute approximate surface area is 62.3 Å². The van der Waals surface area contributed by atoms with Crippen molar-refractivity contribution in [1.29, 1.82) is 0 Å².